The summed E-state index contributed by atoms with van der Waals surface area (Å²) in [4.78, 5) is 14.7. The van der Waals surface area contributed by atoms with Crippen molar-refractivity contribution in [3.63, 3.8) is 0 Å². The molecule has 0 unspecified atom stereocenters. The van der Waals surface area contributed by atoms with Crippen molar-refractivity contribution < 1.29 is 4.79 Å². The fourth-order valence-corrected chi connectivity index (χ4v) is 0.978. The molecule has 0 aliphatic carbocycles. The van der Waals surface area contributed by atoms with E-state index in [0.29, 0.717) is 18.3 Å². The SMILES string of the molecule is NCc1nc2n(n1)CC(=O)N2. The Labute approximate surface area is 62.4 Å². The lowest BCUT2D eigenvalue weighted by Gasteiger charge is -1.86. The molecule has 6 heteroatoms. The van der Waals surface area contributed by atoms with E-state index < -0.39 is 0 Å². The third-order valence-electron chi connectivity index (χ3n) is 1.44. The summed E-state index contributed by atoms with van der Waals surface area (Å²) in [7, 11) is 0. The van der Waals surface area contributed by atoms with Gasteiger partial charge in [0.25, 0.3) is 0 Å². The van der Waals surface area contributed by atoms with Gasteiger partial charge in [0, 0.05) is 0 Å². The Hall–Kier alpha value is -1.43. The molecule has 3 N–H and O–H groups in total. The van der Waals surface area contributed by atoms with Crippen LogP contribution in [-0.2, 0) is 17.9 Å². The van der Waals surface area contributed by atoms with E-state index in [2.05, 4.69) is 15.4 Å². The van der Waals surface area contributed by atoms with Crippen LogP contribution in [0.5, 0.6) is 0 Å². The van der Waals surface area contributed by atoms with E-state index in [4.69, 9.17) is 5.73 Å². The van der Waals surface area contributed by atoms with E-state index in [1.165, 1.54) is 4.68 Å². The first kappa shape index (κ1) is 6.29. The van der Waals surface area contributed by atoms with Crippen LogP contribution in [0, 0.1) is 0 Å². The molecule has 0 radical (unpaired) electrons. The zero-order chi connectivity index (χ0) is 7.84. The summed E-state index contributed by atoms with van der Waals surface area (Å²) in [6, 6.07) is 0. The molecular formula is C5H7N5O. The maximum Gasteiger partial charge on any atom is 0.248 e. The first-order valence-corrected chi connectivity index (χ1v) is 3.23. The van der Waals surface area contributed by atoms with Crippen LogP contribution in [0.4, 0.5) is 5.95 Å². The highest BCUT2D eigenvalue weighted by atomic mass is 16.2. The Morgan fingerprint density at radius 2 is 2.55 bits per heavy atom. The van der Waals surface area contributed by atoms with Crippen LogP contribution in [0.2, 0.25) is 0 Å². The lowest BCUT2D eigenvalue weighted by molar-refractivity contribution is -0.116. The summed E-state index contributed by atoms with van der Waals surface area (Å²) in [6.07, 6.45) is 0. The molecule has 0 fully saturated rings. The van der Waals surface area contributed by atoms with Crippen LogP contribution < -0.4 is 11.1 Å². The van der Waals surface area contributed by atoms with Gasteiger partial charge in [-0.15, -0.1) is 0 Å². The average molecular weight is 153 g/mol. The zero-order valence-corrected chi connectivity index (χ0v) is 5.74. The summed E-state index contributed by atoms with van der Waals surface area (Å²) >= 11 is 0. The minimum absolute atomic E-state index is 0.0800. The molecule has 1 aromatic rings. The number of rotatable bonds is 1. The second kappa shape index (κ2) is 2.03. The second-order valence-corrected chi connectivity index (χ2v) is 2.26. The number of hydrogen-bond donors (Lipinski definition) is 2. The molecule has 2 heterocycles. The van der Waals surface area contributed by atoms with E-state index in [-0.39, 0.29) is 12.5 Å². The minimum Gasteiger partial charge on any atom is -0.324 e. The zero-order valence-electron chi connectivity index (χ0n) is 5.74. The Kier molecular flexibility index (Phi) is 1.16. The minimum atomic E-state index is -0.0800. The largest absolute Gasteiger partial charge is 0.324 e. The van der Waals surface area contributed by atoms with Crippen LogP contribution in [0.15, 0.2) is 0 Å². The first-order chi connectivity index (χ1) is 5.29. The van der Waals surface area contributed by atoms with Gasteiger partial charge in [-0.3, -0.25) is 10.1 Å². The summed E-state index contributed by atoms with van der Waals surface area (Å²) in [5, 5.41) is 6.50. The molecule has 1 amide bonds. The van der Waals surface area contributed by atoms with E-state index >= 15 is 0 Å². The predicted octanol–water partition coefficient (Wildman–Crippen LogP) is -1.31. The molecule has 0 spiro atoms. The van der Waals surface area contributed by atoms with Crippen molar-refractivity contribution in [2.24, 2.45) is 5.73 Å². The number of nitrogens with one attached hydrogen (secondary N) is 1. The maximum absolute atomic E-state index is 10.7. The molecule has 1 aliphatic heterocycles. The van der Waals surface area contributed by atoms with Crippen molar-refractivity contribution in [3.05, 3.63) is 5.82 Å². The number of aromatic nitrogens is 3. The molecule has 6 nitrogen and oxygen atoms in total. The van der Waals surface area contributed by atoms with Crippen molar-refractivity contribution >= 4 is 11.9 Å². The van der Waals surface area contributed by atoms with Crippen LogP contribution >= 0.6 is 0 Å². The number of carbonyl (C=O) groups excluding carboxylic acids is 1. The molecule has 0 aromatic carbocycles. The number of anilines is 1. The van der Waals surface area contributed by atoms with Gasteiger partial charge in [0.2, 0.25) is 11.9 Å². The van der Waals surface area contributed by atoms with E-state index in [0.717, 1.165) is 0 Å². The summed E-state index contributed by atoms with van der Waals surface area (Å²) in [6.45, 7) is 0.554. The van der Waals surface area contributed by atoms with E-state index in [9.17, 15) is 4.79 Å². The van der Waals surface area contributed by atoms with Gasteiger partial charge in [-0.1, -0.05) is 0 Å². The van der Waals surface area contributed by atoms with Gasteiger partial charge >= 0.3 is 0 Å². The number of nitrogens with zero attached hydrogens (tertiary/aromatic N) is 3. The highest BCUT2D eigenvalue weighted by Gasteiger charge is 2.20. The lowest BCUT2D eigenvalue weighted by Crippen LogP contribution is -2.09. The smallest absolute Gasteiger partial charge is 0.248 e. The lowest BCUT2D eigenvalue weighted by atomic mass is 10.6. The third kappa shape index (κ3) is 0.874. The van der Waals surface area contributed by atoms with Crippen LogP contribution in [-0.4, -0.2) is 20.7 Å². The third-order valence-corrected chi connectivity index (χ3v) is 1.44. The monoisotopic (exact) mass is 153 g/mol. The van der Waals surface area contributed by atoms with E-state index in [1.54, 1.807) is 0 Å². The number of nitrogens with two attached hydrogens (primary N) is 1. The van der Waals surface area contributed by atoms with Gasteiger partial charge in [-0.05, 0) is 0 Å². The normalized spacial score (nSPS) is 14.8. The second-order valence-electron chi connectivity index (χ2n) is 2.26. The van der Waals surface area contributed by atoms with Crippen LogP contribution in [0.25, 0.3) is 0 Å². The Balaban J connectivity index is 2.36. The van der Waals surface area contributed by atoms with Gasteiger partial charge in [-0.2, -0.15) is 10.1 Å². The number of hydrogen-bond acceptors (Lipinski definition) is 4. The molecule has 11 heavy (non-hydrogen) atoms. The van der Waals surface area contributed by atoms with Crippen molar-refractivity contribution in [3.8, 4) is 0 Å². The molecule has 0 atom stereocenters. The summed E-state index contributed by atoms with van der Waals surface area (Å²) in [5.41, 5.74) is 5.29. The number of amides is 1. The first-order valence-electron chi connectivity index (χ1n) is 3.23. The molecule has 58 valence electrons. The standard InChI is InChI=1S/C5H7N5O/c6-1-3-7-5-8-4(11)2-10(5)9-3/h1-2,6H2,(H,7,8,9,11). The quantitative estimate of drug-likeness (QED) is 0.524. The topological polar surface area (TPSA) is 85.8 Å². The van der Waals surface area contributed by atoms with Crippen molar-refractivity contribution in [2.45, 2.75) is 13.1 Å². The Bertz CT molecular complexity index is 278. The Morgan fingerprint density at radius 3 is 3.18 bits per heavy atom. The van der Waals surface area contributed by atoms with Gasteiger partial charge in [0.05, 0.1) is 6.54 Å². The highest BCUT2D eigenvalue weighted by molar-refractivity contribution is 5.92. The van der Waals surface area contributed by atoms with Gasteiger partial charge < -0.3 is 5.73 Å². The molecular weight excluding hydrogens is 146 g/mol. The summed E-state index contributed by atoms with van der Waals surface area (Å²) < 4.78 is 1.50. The van der Waals surface area contributed by atoms with Gasteiger partial charge in [-0.25, -0.2) is 4.68 Å². The fraction of sp³-hybridized carbons (Fsp3) is 0.400. The Morgan fingerprint density at radius 1 is 1.73 bits per heavy atom. The molecule has 0 bridgehead atoms. The van der Waals surface area contributed by atoms with Gasteiger partial charge in [0.15, 0.2) is 5.82 Å². The summed E-state index contributed by atoms with van der Waals surface area (Å²) in [5.74, 6) is 0.971. The number of carbonyl (C=O) groups is 1. The van der Waals surface area contributed by atoms with Gasteiger partial charge in [0.1, 0.15) is 6.54 Å². The maximum atomic E-state index is 10.7. The van der Waals surface area contributed by atoms with Crippen molar-refractivity contribution in [2.75, 3.05) is 5.32 Å². The van der Waals surface area contributed by atoms with E-state index in [1.807, 2.05) is 0 Å². The number of fused-ring (bicyclic) bond motifs is 1. The molecule has 0 saturated heterocycles. The molecule has 2 rings (SSSR count). The highest BCUT2D eigenvalue weighted by Crippen LogP contribution is 2.10. The fourth-order valence-electron chi connectivity index (χ4n) is 0.978. The average Bonchev–Trinajstić information content (AvgIpc) is 2.43. The molecule has 1 aromatic heterocycles. The van der Waals surface area contributed by atoms with Crippen LogP contribution in [0.1, 0.15) is 5.82 Å². The van der Waals surface area contributed by atoms with Crippen molar-refractivity contribution in [1.82, 2.24) is 14.8 Å². The van der Waals surface area contributed by atoms with Crippen LogP contribution in [0.3, 0.4) is 0 Å². The molecule has 1 aliphatic rings. The van der Waals surface area contributed by atoms with Crippen molar-refractivity contribution in [1.29, 1.82) is 0 Å². The predicted molar refractivity (Wildman–Crippen MR) is 36.5 cm³/mol. The molecule has 0 saturated carbocycles.